The maximum Gasteiger partial charge on any atom is 0.305 e. The van der Waals surface area contributed by atoms with Gasteiger partial charge in [-0.1, -0.05) is 0 Å². The summed E-state index contributed by atoms with van der Waals surface area (Å²) in [6.45, 7) is 0.545. The fraction of sp³-hybridized carbons (Fsp3) is 0.417. The van der Waals surface area contributed by atoms with Gasteiger partial charge in [0.2, 0.25) is 5.82 Å². The van der Waals surface area contributed by atoms with E-state index in [1.807, 2.05) is 0 Å². The number of hydrogen-bond donors (Lipinski definition) is 0. The number of carbonyl (C=O) groups excluding carboxylic acids is 1. The molecule has 1 aliphatic heterocycles. The van der Waals surface area contributed by atoms with Gasteiger partial charge in [0.1, 0.15) is 11.4 Å². The van der Waals surface area contributed by atoms with Crippen LogP contribution in [0.25, 0.3) is 0 Å². The molecular weight excluding hydrogens is 294 g/mol. The van der Waals surface area contributed by atoms with Crippen molar-refractivity contribution in [2.45, 2.75) is 18.2 Å². The molecule has 1 aromatic carbocycles. The molecule has 0 saturated carbocycles. The third-order valence-electron chi connectivity index (χ3n) is 3.19. The van der Waals surface area contributed by atoms with Crippen LogP contribution < -0.4 is 0 Å². The van der Waals surface area contributed by atoms with Gasteiger partial charge in [-0.2, -0.15) is 4.39 Å². The molecule has 1 aromatic rings. The molecule has 0 atom stereocenters. The number of rotatable bonds is 2. The third kappa shape index (κ3) is 2.72. The van der Waals surface area contributed by atoms with E-state index < -0.39 is 33.7 Å². The molecule has 0 unspecified atom stereocenters. The molecule has 0 spiro atoms. The molecule has 5 nitrogen and oxygen atoms in total. The van der Waals surface area contributed by atoms with E-state index in [2.05, 4.69) is 0 Å². The number of halogens is 3. The molecular formula is C12H11ClF2N2O3. The lowest BCUT2D eigenvalue weighted by Crippen LogP contribution is -2.39. The fourth-order valence-electron chi connectivity index (χ4n) is 2.09. The molecule has 1 amide bonds. The zero-order chi connectivity index (χ0) is 14.9. The van der Waals surface area contributed by atoms with Gasteiger partial charge < -0.3 is 4.90 Å². The zero-order valence-electron chi connectivity index (χ0n) is 10.3. The molecule has 0 N–H and O–H groups in total. The standard InChI is InChI=1S/C12H11ClF2N2O3/c13-7-3-5-16(6-4-7)12(18)10-8(14)1-2-9(11(10)15)17(19)20/h1-2,7H,3-6H2. The van der Waals surface area contributed by atoms with Crippen molar-refractivity contribution in [1.82, 2.24) is 4.90 Å². The first-order valence-corrected chi connectivity index (χ1v) is 6.41. The first-order chi connectivity index (χ1) is 9.41. The molecule has 108 valence electrons. The Labute approximate surface area is 118 Å². The van der Waals surface area contributed by atoms with E-state index in [1.165, 1.54) is 4.90 Å². The minimum Gasteiger partial charge on any atom is -0.338 e. The van der Waals surface area contributed by atoms with Crippen LogP contribution in [0, 0.1) is 21.7 Å². The van der Waals surface area contributed by atoms with Crippen LogP contribution in [-0.2, 0) is 0 Å². The minimum absolute atomic E-state index is 0.0705. The molecule has 0 bridgehead atoms. The van der Waals surface area contributed by atoms with E-state index in [4.69, 9.17) is 11.6 Å². The van der Waals surface area contributed by atoms with Crippen LogP contribution in [0.4, 0.5) is 14.5 Å². The van der Waals surface area contributed by atoms with Crippen molar-refractivity contribution in [3.8, 4) is 0 Å². The molecule has 1 fully saturated rings. The largest absolute Gasteiger partial charge is 0.338 e. The summed E-state index contributed by atoms with van der Waals surface area (Å²) in [5.41, 5.74) is -1.80. The average Bonchev–Trinajstić information content (AvgIpc) is 2.38. The van der Waals surface area contributed by atoms with Crippen LogP contribution >= 0.6 is 11.6 Å². The summed E-state index contributed by atoms with van der Waals surface area (Å²) in [4.78, 5) is 23.0. The summed E-state index contributed by atoms with van der Waals surface area (Å²) in [6, 6.07) is 1.43. The topological polar surface area (TPSA) is 63.4 Å². The van der Waals surface area contributed by atoms with Gasteiger partial charge in [-0.25, -0.2) is 4.39 Å². The van der Waals surface area contributed by atoms with Gasteiger partial charge in [0, 0.05) is 24.5 Å². The molecule has 20 heavy (non-hydrogen) atoms. The number of piperidine rings is 1. The van der Waals surface area contributed by atoms with Crippen molar-refractivity contribution in [1.29, 1.82) is 0 Å². The Morgan fingerprint density at radius 2 is 1.95 bits per heavy atom. The monoisotopic (exact) mass is 304 g/mol. The highest BCUT2D eigenvalue weighted by Crippen LogP contribution is 2.26. The van der Waals surface area contributed by atoms with Crippen LogP contribution in [-0.4, -0.2) is 34.2 Å². The van der Waals surface area contributed by atoms with Gasteiger partial charge in [0.05, 0.1) is 4.92 Å². The number of likely N-dealkylation sites (tertiary alicyclic amines) is 1. The molecule has 2 rings (SSSR count). The van der Waals surface area contributed by atoms with Crippen molar-refractivity contribution in [2.75, 3.05) is 13.1 Å². The van der Waals surface area contributed by atoms with E-state index in [0.29, 0.717) is 18.9 Å². The normalized spacial score (nSPS) is 16.2. The Morgan fingerprint density at radius 3 is 2.50 bits per heavy atom. The third-order valence-corrected chi connectivity index (χ3v) is 3.63. The number of benzene rings is 1. The number of amides is 1. The Bertz CT molecular complexity index is 560. The highest BCUT2D eigenvalue weighted by atomic mass is 35.5. The van der Waals surface area contributed by atoms with E-state index in [-0.39, 0.29) is 18.5 Å². The Kier molecular flexibility index (Phi) is 4.17. The molecule has 0 radical (unpaired) electrons. The lowest BCUT2D eigenvalue weighted by atomic mass is 10.1. The van der Waals surface area contributed by atoms with Crippen LogP contribution in [0.3, 0.4) is 0 Å². The Balaban J connectivity index is 2.34. The van der Waals surface area contributed by atoms with Crippen molar-refractivity contribution in [2.24, 2.45) is 0 Å². The van der Waals surface area contributed by atoms with Gasteiger partial charge in [-0.05, 0) is 18.9 Å². The summed E-state index contributed by atoms with van der Waals surface area (Å²) in [7, 11) is 0. The van der Waals surface area contributed by atoms with Crippen molar-refractivity contribution < 1.29 is 18.5 Å². The maximum atomic E-state index is 13.9. The molecule has 1 saturated heterocycles. The van der Waals surface area contributed by atoms with Crippen LogP contribution in [0.5, 0.6) is 0 Å². The number of nitro benzene ring substituents is 1. The number of nitrogens with zero attached hydrogens (tertiary/aromatic N) is 2. The molecule has 1 aliphatic rings. The molecule has 0 aliphatic carbocycles. The van der Waals surface area contributed by atoms with E-state index >= 15 is 0 Å². The van der Waals surface area contributed by atoms with Crippen LogP contribution in [0.1, 0.15) is 23.2 Å². The van der Waals surface area contributed by atoms with E-state index in [9.17, 15) is 23.7 Å². The zero-order valence-corrected chi connectivity index (χ0v) is 11.1. The number of carbonyl (C=O) groups is 1. The predicted octanol–water partition coefficient (Wildman–Crippen LogP) is 2.72. The number of alkyl halides is 1. The molecule has 1 heterocycles. The second-order valence-electron chi connectivity index (χ2n) is 4.48. The fourth-order valence-corrected chi connectivity index (χ4v) is 2.28. The van der Waals surface area contributed by atoms with Gasteiger partial charge >= 0.3 is 5.69 Å². The maximum absolute atomic E-state index is 13.9. The summed E-state index contributed by atoms with van der Waals surface area (Å²) in [6.07, 6.45) is 1.04. The Morgan fingerprint density at radius 1 is 1.35 bits per heavy atom. The Hall–Kier alpha value is -1.76. The second-order valence-corrected chi connectivity index (χ2v) is 5.10. The van der Waals surface area contributed by atoms with Crippen LogP contribution in [0.2, 0.25) is 0 Å². The first kappa shape index (κ1) is 14.6. The lowest BCUT2D eigenvalue weighted by molar-refractivity contribution is -0.387. The lowest BCUT2D eigenvalue weighted by Gasteiger charge is -2.29. The molecule has 8 heteroatoms. The first-order valence-electron chi connectivity index (χ1n) is 5.97. The number of hydrogen-bond acceptors (Lipinski definition) is 3. The quantitative estimate of drug-likeness (QED) is 0.479. The van der Waals surface area contributed by atoms with Crippen molar-refractivity contribution >= 4 is 23.2 Å². The van der Waals surface area contributed by atoms with E-state index in [1.54, 1.807) is 0 Å². The molecule has 0 aromatic heterocycles. The van der Waals surface area contributed by atoms with Crippen LogP contribution in [0.15, 0.2) is 12.1 Å². The van der Waals surface area contributed by atoms with Gasteiger partial charge in [-0.15, -0.1) is 11.6 Å². The summed E-state index contributed by atoms with van der Waals surface area (Å²) >= 11 is 5.89. The average molecular weight is 305 g/mol. The highest BCUT2D eigenvalue weighted by Gasteiger charge is 2.30. The SMILES string of the molecule is O=C(c1c(F)ccc([N+](=O)[O-])c1F)N1CCC(Cl)CC1. The number of nitro groups is 1. The van der Waals surface area contributed by atoms with Gasteiger partial charge in [0.25, 0.3) is 5.91 Å². The summed E-state index contributed by atoms with van der Waals surface area (Å²) < 4.78 is 27.6. The smallest absolute Gasteiger partial charge is 0.305 e. The van der Waals surface area contributed by atoms with Gasteiger partial charge in [-0.3, -0.25) is 14.9 Å². The van der Waals surface area contributed by atoms with Crippen molar-refractivity contribution in [3.63, 3.8) is 0 Å². The predicted molar refractivity (Wildman–Crippen MR) is 67.8 cm³/mol. The second kappa shape index (κ2) is 5.70. The summed E-state index contributed by atoms with van der Waals surface area (Å²) in [5, 5.41) is 10.6. The van der Waals surface area contributed by atoms with Gasteiger partial charge in [0.15, 0.2) is 0 Å². The van der Waals surface area contributed by atoms with Crippen molar-refractivity contribution in [3.05, 3.63) is 39.4 Å². The minimum atomic E-state index is -1.44. The highest BCUT2D eigenvalue weighted by molar-refractivity contribution is 6.20. The summed E-state index contributed by atoms with van der Waals surface area (Å²) in [5.74, 6) is -3.42. The van der Waals surface area contributed by atoms with E-state index in [0.717, 1.165) is 6.07 Å².